The second kappa shape index (κ2) is 7.33. The summed E-state index contributed by atoms with van der Waals surface area (Å²) in [5, 5.41) is 21.2. The van der Waals surface area contributed by atoms with Crippen molar-refractivity contribution in [1.82, 2.24) is 0 Å². The predicted octanol–water partition coefficient (Wildman–Crippen LogP) is 2.96. The van der Waals surface area contributed by atoms with Gasteiger partial charge in [-0.2, -0.15) is 0 Å². The van der Waals surface area contributed by atoms with Gasteiger partial charge in [-0.15, -0.1) is 0 Å². The number of phenolic OH excluding ortho intramolecular Hbond substituents is 1. The molecule has 2 aliphatic rings. The van der Waals surface area contributed by atoms with E-state index in [-0.39, 0.29) is 12.5 Å². The minimum Gasteiger partial charge on any atom is -0.504 e. The maximum atomic E-state index is 12.2. The van der Waals surface area contributed by atoms with Crippen molar-refractivity contribution in [2.24, 2.45) is 5.92 Å². The van der Waals surface area contributed by atoms with E-state index in [1.54, 1.807) is 25.1 Å². The van der Waals surface area contributed by atoms with Gasteiger partial charge in [-0.05, 0) is 47.4 Å². The van der Waals surface area contributed by atoms with Crippen LogP contribution in [0.4, 0.5) is 0 Å². The van der Waals surface area contributed by atoms with Crippen molar-refractivity contribution in [2.75, 3.05) is 21.0 Å². The average Bonchev–Trinajstić information content (AvgIpc) is 3.18. The molecule has 152 valence electrons. The quantitative estimate of drug-likeness (QED) is 0.604. The van der Waals surface area contributed by atoms with Crippen molar-refractivity contribution >= 4 is 6.29 Å². The van der Waals surface area contributed by atoms with Crippen molar-refractivity contribution in [3.05, 3.63) is 58.4 Å². The first-order valence-corrected chi connectivity index (χ1v) is 9.17. The molecule has 3 atom stereocenters. The number of carbonyl (C=O) groups is 1. The molecule has 0 amide bonds. The zero-order valence-electron chi connectivity index (χ0n) is 16.3. The lowest BCUT2D eigenvalue weighted by molar-refractivity contribution is -0.111. The number of aliphatic hydroxyl groups is 1. The molecule has 0 unspecified atom stereocenters. The predicted molar refractivity (Wildman–Crippen MR) is 103 cm³/mol. The van der Waals surface area contributed by atoms with Gasteiger partial charge in [-0.3, -0.25) is 0 Å². The van der Waals surface area contributed by atoms with E-state index in [2.05, 4.69) is 0 Å². The SMILES string of the molecule is CO/C=C1/[C@@H](O)c2cc3c(cc2[C@@H](c2cc(C)c(O)c(OC)c2)[C@H]1C=O)OCO3. The first-order chi connectivity index (χ1) is 14.0. The Hall–Kier alpha value is -3.19. The maximum absolute atomic E-state index is 12.2. The van der Waals surface area contributed by atoms with Gasteiger partial charge in [0.05, 0.1) is 26.4 Å². The van der Waals surface area contributed by atoms with Crippen LogP contribution in [-0.4, -0.2) is 37.5 Å². The van der Waals surface area contributed by atoms with E-state index < -0.39 is 17.9 Å². The first-order valence-electron chi connectivity index (χ1n) is 9.17. The molecule has 0 saturated heterocycles. The monoisotopic (exact) mass is 398 g/mol. The van der Waals surface area contributed by atoms with Crippen molar-refractivity contribution in [2.45, 2.75) is 18.9 Å². The Morgan fingerprint density at radius 1 is 1.10 bits per heavy atom. The van der Waals surface area contributed by atoms with E-state index >= 15 is 0 Å². The van der Waals surface area contributed by atoms with Crippen LogP contribution < -0.4 is 14.2 Å². The lowest BCUT2D eigenvalue weighted by atomic mass is 9.68. The molecule has 0 radical (unpaired) electrons. The lowest BCUT2D eigenvalue weighted by Gasteiger charge is -2.36. The molecule has 2 N–H and O–H groups in total. The molecule has 0 fully saturated rings. The molecule has 2 aromatic carbocycles. The first kappa shape index (κ1) is 19.1. The maximum Gasteiger partial charge on any atom is 0.231 e. The van der Waals surface area contributed by atoms with Gasteiger partial charge in [0.2, 0.25) is 6.79 Å². The smallest absolute Gasteiger partial charge is 0.231 e. The lowest BCUT2D eigenvalue weighted by Crippen LogP contribution is -2.29. The van der Waals surface area contributed by atoms with Crippen molar-refractivity contribution < 1.29 is 34.0 Å². The summed E-state index contributed by atoms with van der Waals surface area (Å²) >= 11 is 0. The number of rotatable bonds is 4. The molecule has 1 aliphatic carbocycles. The number of aldehydes is 1. The Kier molecular flexibility index (Phi) is 4.84. The van der Waals surface area contributed by atoms with Gasteiger partial charge in [-0.1, -0.05) is 6.07 Å². The molecule has 7 heteroatoms. The van der Waals surface area contributed by atoms with Crippen LogP contribution in [0.5, 0.6) is 23.0 Å². The fraction of sp³-hybridized carbons (Fsp3) is 0.318. The number of carbonyl (C=O) groups excluding carboxylic acids is 1. The number of phenols is 1. The second-order valence-electron chi connectivity index (χ2n) is 7.12. The Labute approximate surface area is 168 Å². The van der Waals surface area contributed by atoms with Gasteiger partial charge in [0, 0.05) is 11.5 Å². The third-order valence-corrected chi connectivity index (χ3v) is 5.54. The van der Waals surface area contributed by atoms with Crippen molar-refractivity contribution in [1.29, 1.82) is 0 Å². The van der Waals surface area contributed by atoms with Crippen LogP contribution in [0.15, 0.2) is 36.1 Å². The Morgan fingerprint density at radius 2 is 1.79 bits per heavy atom. The van der Waals surface area contributed by atoms with Gasteiger partial charge in [0.15, 0.2) is 23.0 Å². The minimum atomic E-state index is -1.02. The number of aliphatic hydroxyl groups excluding tert-OH is 1. The molecule has 0 aromatic heterocycles. The van der Waals surface area contributed by atoms with Crippen molar-refractivity contribution in [3.8, 4) is 23.0 Å². The number of benzene rings is 2. The Morgan fingerprint density at radius 3 is 2.41 bits per heavy atom. The van der Waals surface area contributed by atoms with E-state index in [1.807, 2.05) is 6.07 Å². The van der Waals surface area contributed by atoms with Crippen LogP contribution in [0.1, 0.15) is 34.3 Å². The zero-order chi connectivity index (χ0) is 20.7. The topological polar surface area (TPSA) is 94.5 Å². The highest BCUT2D eigenvalue weighted by Gasteiger charge is 2.41. The zero-order valence-corrected chi connectivity index (χ0v) is 16.3. The summed E-state index contributed by atoms with van der Waals surface area (Å²) in [6.07, 6.45) is 1.20. The third kappa shape index (κ3) is 2.98. The average molecular weight is 398 g/mol. The molecule has 0 spiro atoms. The molecule has 2 aromatic rings. The third-order valence-electron chi connectivity index (χ3n) is 5.54. The Bertz CT molecular complexity index is 995. The summed E-state index contributed by atoms with van der Waals surface area (Å²) in [4.78, 5) is 12.2. The molecule has 7 nitrogen and oxygen atoms in total. The molecule has 29 heavy (non-hydrogen) atoms. The van der Waals surface area contributed by atoms with Gasteiger partial charge in [0.25, 0.3) is 0 Å². The van der Waals surface area contributed by atoms with Gasteiger partial charge in [0.1, 0.15) is 12.4 Å². The van der Waals surface area contributed by atoms with E-state index in [9.17, 15) is 15.0 Å². The van der Waals surface area contributed by atoms with Crippen LogP contribution in [0.3, 0.4) is 0 Å². The summed E-state index contributed by atoms with van der Waals surface area (Å²) in [7, 11) is 2.95. The Balaban J connectivity index is 1.99. The fourth-order valence-corrected chi connectivity index (χ4v) is 4.16. The summed E-state index contributed by atoms with van der Waals surface area (Å²) in [6.45, 7) is 1.87. The van der Waals surface area contributed by atoms with Crippen molar-refractivity contribution in [3.63, 3.8) is 0 Å². The molecule has 0 saturated carbocycles. The molecule has 4 rings (SSSR count). The molecular formula is C22H22O7. The van der Waals surface area contributed by atoms with Crippen LogP contribution in [0.2, 0.25) is 0 Å². The van der Waals surface area contributed by atoms with Crippen LogP contribution in [0, 0.1) is 12.8 Å². The van der Waals surface area contributed by atoms with E-state index in [0.29, 0.717) is 33.9 Å². The number of ether oxygens (including phenoxy) is 4. The highest BCUT2D eigenvalue weighted by atomic mass is 16.7. The van der Waals surface area contributed by atoms with Crippen LogP contribution in [0.25, 0.3) is 0 Å². The summed E-state index contributed by atoms with van der Waals surface area (Å²) in [5.41, 5.74) is 3.20. The van der Waals surface area contributed by atoms with Crippen LogP contribution >= 0.6 is 0 Å². The number of hydrogen-bond donors (Lipinski definition) is 2. The number of hydrogen-bond acceptors (Lipinski definition) is 7. The largest absolute Gasteiger partial charge is 0.504 e. The van der Waals surface area contributed by atoms with Gasteiger partial charge >= 0.3 is 0 Å². The summed E-state index contributed by atoms with van der Waals surface area (Å²) in [5.74, 6) is 0.361. The van der Waals surface area contributed by atoms with Gasteiger partial charge < -0.3 is 34.0 Å². The summed E-state index contributed by atoms with van der Waals surface area (Å²) < 4.78 is 21.5. The standard InChI is InChI=1S/C22H22O7/c1-11-4-12(5-19(27-3)21(11)24)20-13-6-17-18(29-10-28-17)7-14(13)22(25)16(9-26-2)15(20)8-23/h4-9,15,20,22,24-25H,10H2,1-3H3/b16-9+/t15-,20+,22-/m0/s1. The fourth-order valence-electron chi connectivity index (χ4n) is 4.16. The highest BCUT2D eigenvalue weighted by molar-refractivity contribution is 5.69. The van der Waals surface area contributed by atoms with Gasteiger partial charge in [-0.25, -0.2) is 0 Å². The molecule has 1 heterocycles. The van der Waals surface area contributed by atoms with E-state index in [0.717, 1.165) is 17.4 Å². The highest BCUT2D eigenvalue weighted by Crippen LogP contribution is 2.52. The number of aryl methyl sites for hydroxylation is 1. The normalized spacial score (nSPS) is 23.6. The minimum absolute atomic E-state index is 0.0494. The molecule has 1 aliphatic heterocycles. The number of methoxy groups -OCH3 is 2. The molecule has 0 bridgehead atoms. The number of aromatic hydroxyl groups is 1. The summed E-state index contributed by atoms with van der Waals surface area (Å²) in [6, 6.07) is 7.07. The molecular weight excluding hydrogens is 376 g/mol. The number of fused-ring (bicyclic) bond motifs is 2. The van der Waals surface area contributed by atoms with Crippen LogP contribution in [-0.2, 0) is 9.53 Å². The second-order valence-corrected chi connectivity index (χ2v) is 7.12. The van der Waals surface area contributed by atoms with E-state index in [4.69, 9.17) is 18.9 Å². The van der Waals surface area contributed by atoms with E-state index in [1.165, 1.54) is 20.5 Å².